The summed E-state index contributed by atoms with van der Waals surface area (Å²) in [4.78, 5) is 44.4. The van der Waals surface area contributed by atoms with Crippen LogP contribution >= 0.6 is 0 Å². The Balaban J connectivity index is 1.22. The Morgan fingerprint density at radius 2 is 1.79 bits per heavy atom. The van der Waals surface area contributed by atoms with Crippen LogP contribution in [0.2, 0.25) is 0 Å². The lowest BCUT2D eigenvalue weighted by Gasteiger charge is -2.34. The molecule has 8 heteroatoms. The maximum absolute atomic E-state index is 14.0. The summed E-state index contributed by atoms with van der Waals surface area (Å²) in [5.74, 6) is -0.744. The number of fused-ring (bicyclic) bond motifs is 1. The minimum absolute atomic E-state index is 0.00711. The van der Waals surface area contributed by atoms with Crippen LogP contribution in [0.15, 0.2) is 65.8 Å². The molecule has 1 heterocycles. The molecule has 0 bridgehead atoms. The number of nitrogens with one attached hydrogen (secondary N) is 2. The summed E-state index contributed by atoms with van der Waals surface area (Å²) in [7, 11) is 1.70. The van der Waals surface area contributed by atoms with E-state index in [1.54, 1.807) is 25.5 Å². The van der Waals surface area contributed by atoms with E-state index in [9.17, 15) is 14.4 Å². The fourth-order valence-corrected chi connectivity index (χ4v) is 6.92. The van der Waals surface area contributed by atoms with Gasteiger partial charge in [0.2, 0.25) is 11.8 Å². The molecule has 8 nitrogen and oxygen atoms in total. The maximum Gasteiger partial charge on any atom is 0.294 e. The van der Waals surface area contributed by atoms with E-state index in [0.717, 1.165) is 24.8 Å². The number of hydrogen-bond acceptors (Lipinski definition) is 4. The minimum Gasteiger partial charge on any atom is -0.353 e. The van der Waals surface area contributed by atoms with Gasteiger partial charge in [0, 0.05) is 37.1 Å². The van der Waals surface area contributed by atoms with Gasteiger partial charge in [0.05, 0.1) is 11.3 Å². The smallest absolute Gasteiger partial charge is 0.294 e. The third-order valence-corrected chi connectivity index (χ3v) is 10.2. The van der Waals surface area contributed by atoms with E-state index >= 15 is 0 Å². The largest absolute Gasteiger partial charge is 0.353 e. The van der Waals surface area contributed by atoms with Gasteiger partial charge in [-0.05, 0) is 99.1 Å². The van der Waals surface area contributed by atoms with Crippen LogP contribution in [0.4, 0.5) is 5.69 Å². The number of rotatable bonds is 9. The zero-order valence-electron chi connectivity index (χ0n) is 25.5. The molecule has 3 aliphatic rings. The molecular formula is C35H41N5O3. The summed E-state index contributed by atoms with van der Waals surface area (Å²) >= 11 is 0. The molecule has 43 heavy (non-hydrogen) atoms. The quantitative estimate of drug-likeness (QED) is 0.323. The Labute approximate surface area is 253 Å². The van der Waals surface area contributed by atoms with Gasteiger partial charge in [-0.15, -0.1) is 0 Å². The first kappa shape index (κ1) is 29.0. The molecule has 0 radical (unpaired) electrons. The molecule has 2 saturated carbocycles. The Bertz CT molecular complexity index is 1560. The van der Waals surface area contributed by atoms with Crippen LogP contribution in [0, 0.1) is 17.3 Å². The second-order valence-corrected chi connectivity index (χ2v) is 13.3. The molecule has 3 atom stereocenters. The minimum atomic E-state index is -0.714. The lowest BCUT2D eigenvalue weighted by Crippen LogP contribution is -2.47. The fraction of sp³-hybridized carbons (Fsp3) is 0.457. The first-order chi connectivity index (χ1) is 20.6. The number of carbonyl (C=O) groups is 3. The van der Waals surface area contributed by atoms with E-state index < -0.39 is 17.2 Å². The second-order valence-electron chi connectivity index (χ2n) is 13.3. The second kappa shape index (κ2) is 11.2. The molecule has 1 aromatic heterocycles. The summed E-state index contributed by atoms with van der Waals surface area (Å²) in [5, 5.41) is 10.4. The van der Waals surface area contributed by atoms with Crippen LogP contribution in [0.5, 0.6) is 0 Å². The first-order valence-electron chi connectivity index (χ1n) is 15.5. The number of aromatic nitrogens is 2. The Kier molecular flexibility index (Phi) is 7.57. The summed E-state index contributed by atoms with van der Waals surface area (Å²) in [5.41, 5.74) is 3.63. The molecule has 3 amide bonds. The number of aliphatic imine (C=N–C) groups is 1. The summed E-state index contributed by atoms with van der Waals surface area (Å²) in [6, 6.07) is 17.6. The third-order valence-electron chi connectivity index (χ3n) is 10.2. The van der Waals surface area contributed by atoms with Crippen molar-refractivity contribution in [1.29, 1.82) is 0 Å². The molecule has 3 aliphatic carbocycles. The van der Waals surface area contributed by atoms with E-state index in [4.69, 9.17) is 0 Å². The van der Waals surface area contributed by atoms with E-state index in [1.165, 1.54) is 35.1 Å². The zero-order valence-corrected chi connectivity index (χ0v) is 25.5. The lowest BCUT2D eigenvalue weighted by atomic mass is 9.78. The van der Waals surface area contributed by atoms with Gasteiger partial charge in [-0.2, -0.15) is 5.10 Å². The summed E-state index contributed by atoms with van der Waals surface area (Å²) in [6.45, 7) is 5.96. The molecule has 2 unspecified atom stereocenters. The molecule has 1 spiro atoms. The zero-order chi connectivity index (χ0) is 30.4. The van der Waals surface area contributed by atoms with Crippen LogP contribution in [0.25, 0.3) is 0 Å². The Morgan fingerprint density at radius 1 is 1.07 bits per heavy atom. The van der Waals surface area contributed by atoms with Crippen molar-refractivity contribution in [1.82, 2.24) is 15.1 Å². The van der Waals surface area contributed by atoms with Crippen LogP contribution in [0.1, 0.15) is 86.0 Å². The highest BCUT2D eigenvalue weighted by atomic mass is 16.2. The molecule has 2 fully saturated rings. The Hall–Kier alpha value is -4.07. The predicted octanol–water partition coefficient (Wildman–Crippen LogP) is 5.59. The normalized spacial score (nSPS) is 20.3. The first-order valence-corrected chi connectivity index (χ1v) is 15.5. The van der Waals surface area contributed by atoms with Gasteiger partial charge in [0.15, 0.2) is 0 Å². The van der Waals surface area contributed by atoms with Crippen molar-refractivity contribution < 1.29 is 14.4 Å². The number of amides is 3. The molecule has 0 saturated heterocycles. The van der Waals surface area contributed by atoms with Gasteiger partial charge in [-0.1, -0.05) is 42.8 Å². The van der Waals surface area contributed by atoms with E-state index in [1.807, 2.05) is 50.2 Å². The number of aryl methyl sites for hydroxylation is 1. The van der Waals surface area contributed by atoms with Crippen molar-refractivity contribution in [3.05, 3.63) is 83.2 Å². The Morgan fingerprint density at radius 3 is 2.42 bits per heavy atom. The number of nitrogens with zero attached hydrogens (tertiary/aromatic N) is 3. The SMILES string of the molecule is C[C@H](NC(=O)C(C)(C)c1ccc(NC(=O)C(/C=N/C(=O)c2ccnn2C)C2c3ccccc3CC23CC3)cc1)C1CCC1. The van der Waals surface area contributed by atoms with Gasteiger partial charge in [0.25, 0.3) is 5.91 Å². The highest BCUT2D eigenvalue weighted by Gasteiger charge is 2.57. The highest BCUT2D eigenvalue weighted by molar-refractivity contribution is 6.07. The topological polar surface area (TPSA) is 105 Å². The van der Waals surface area contributed by atoms with Crippen LogP contribution in [0.3, 0.4) is 0 Å². The molecule has 224 valence electrons. The van der Waals surface area contributed by atoms with Gasteiger partial charge in [-0.25, -0.2) is 4.99 Å². The van der Waals surface area contributed by atoms with Gasteiger partial charge in [0.1, 0.15) is 5.69 Å². The van der Waals surface area contributed by atoms with Crippen molar-refractivity contribution in [3.63, 3.8) is 0 Å². The molecule has 2 N–H and O–H groups in total. The summed E-state index contributed by atoms with van der Waals surface area (Å²) < 4.78 is 1.49. The molecule has 2 aromatic carbocycles. The molecule has 0 aliphatic heterocycles. The average molecular weight is 580 g/mol. The van der Waals surface area contributed by atoms with Crippen molar-refractivity contribution in [2.45, 2.75) is 76.7 Å². The van der Waals surface area contributed by atoms with Crippen LogP contribution in [-0.2, 0) is 28.5 Å². The fourth-order valence-electron chi connectivity index (χ4n) is 6.92. The van der Waals surface area contributed by atoms with Gasteiger partial charge < -0.3 is 10.6 Å². The predicted molar refractivity (Wildman–Crippen MR) is 167 cm³/mol. The number of benzene rings is 2. The standard InChI is InChI=1S/C35H41N5O3/c1-22(23-9-7-10-23)38-33(43)34(2,3)25-12-14-26(15-13-25)39-31(41)28(21-36-32(42)29-16-19-37-40(29)4)30-27-11-6-5-8-24(27)20-35(30)17-18-35/h5-6,8,11-16,19,21-23,28,30H,7,9-10,17-18,20H2,1-4H3,(H,38,43)(H,39,41)/b36-21+/t22-,28?,30?/m0/s1. The van der Waals surface area contributed by atoms with Crippen LogP contribution < -0.4 is 10.6 Å². The van der Waals surface area contributed by atoms with Gasteiger partial charge >= 0.3 is 0 Å². The average Bonchev–Trinajstić information content (AvgIpc) is 3.46. The monoisotopic (exact) mass is 579 g/mol. The van der Waals surface area contributed by atoms with Gasteiger partial charge in [-0.3, -0.25) is 19.1 Å². The number of anilines is 1. The third kappa shape index (κ3) is 5.55. The molecular weight excluding hydrogens is 538 g/mol. The molecule has 6 rings (SSSR count). The highest BCUT2D eigenvalue weighted by Crippen LogP contribution is 2.65. The van der Waals surface area contributed by atoms with E-state index in [-0.39, 0.29) is 29.2 Å². The lowest BCUT2D eigenvalue weighted by molar-refractivity contribution is -0.127. The van der Waals surface area contributed by atoms with Crippen molar-refractivity contribution in [3.8, 4) is 0 Å². The number of carbonyl (C=O) groups excluding carboxylic acids is 3. The number of hydrogen-bond donors (Lipinski definition) is 2. The van der Waals surface area contributed by atoms with Crippen molar-refractivity contribution in [2.75, 3.05) is 5.32 Å². The van der Waals surface area contributed by atoms with Crippen molar-refractivity contribution in [2.24, 2.45) is 29.3 Å². The van der Waals surface area contributed by atoms with Crippen LogP contribution in [-0.4, -0.2) is 39.8 Å². The van der Waals surface area contributed by atoms with E-state index in [0.29, 0.717) is 17.3 Å². The maximum atomic E-state index is 14.0. The molecule has 3 aromatic rings. The van der Waals surface area contributed by atoms with E-state index in [2.05, 4.69) is 39.8 Å². The van der Waals surface area contributed by atoms with Crippen molar-refractivity contribution >= 4 is 29.6 Å². The summed E-state index contributed by atoms with van der Waals surface area (Å²) in [6.07, 6.45) is 9.72.